The number of hydrogen-bond donors (Lipinski definition) is 1. The summed E-state index contributed by atoms with van der Waals surface area (Å²) in [6, 6.07) is 14.8. The lowest BCUT2D eigenvalue weighted by Gasteiger charge is -2.49. The average Bonchev–Trinajstić information content (AvgIpc) is 3.30. The van der Waals surface area contributed by atoms with Crippen molar-refractivity contribution in [2.45, 2.75) is 43.5 Å². The van der Waals surface area contributed by atoms with E-state index in [4.69, 9.17) is 5.73 Å². The van der Waals surface area contributed by atoms with Crippen LogP contribution in [-0.2, 0) is 19.6 Å². The Balaban J connectivity index is 1.51. The lowest BCUT2D eigenvalue weighted by molar-refractivity contribution is -0.148. The second-order valence-electron chi connectivity index (χ2n) is 10.6. The number of benzene rings is 2. The first-order valence-electron chi connectivity index (χ1n) is 12.7. The normalized spacial score (nSPS) is 31.8. The third-order valence-corrected chi connectivity index (χ3v) is 10.5. The minimum absolute atomic E-state index is 0.0201. The summed E-state index contributed by atoms with van der Waals surface area (Å²) in [6.07, 6.45) is 7.42. The molecule has 2 aromatic rings. The van der Waals surface area contributed by atoms with Gasteiger partial charge < -0.3 is 5.73 Å². The zero-order valence-electron chi connectivity index (χ0n) is 20.2. The first-order valence-corrected chi connectivity index (χ1v) is 14.2. The van der Waals surface area contributed by atoms with Crippen LogP contribution in [-0.4, -0.2) is 30.3 Å². The summed E-state index contributed by atoms with van der Waals surface area (Å²) in [7, 11) is -3.98. The smallest absolute Gasteiger partial charge is 0.264 e. The highest BCUT2D eigenvalue weighted by molar-refractivity contribution is 7.89. The van der Waals surface area contributed by atoms with Gasteiger partial charge in [0.1, 0.15) is 0 Å². The minimum atomic E-state index is -3.98. The molecule has 6 unspecified atom stereocenters. The van der Waals surface area contributed by atoms with Gasteiger partial charge in [0.2, 0.25) is 11.6 Å². The fraction of sp³-hybridized carbons (Fsp3) is 0.379. The van der Waals surface area contributed by atoms with Gasteiger partial charge in [0, 0.05) is 17.8 Å². The van der Waals surface area contributed by atoms with Gasteiger partial charge in [-0.1, -0.05) is 55.3 Å². The summed E-state index contributed by atoms with van der Waals surface area (Å²) in [5.74, 6) is -1.88. The van der Waals surface area contributed by atoms with E-state index in [1.165, 1.54) is 22.0 Å². The molecule has 6 nitrogen and oxygen atoms in total. The van der Waals surface area contributed by atoms with Gasteiger partial charge in [0.05, 0.1) is 16.9 Å². The first kappa shape index (κ1) is 23.2. The Bertz CT molecular complexity index is 1390. The van der Waals surface area contributed by atoms with Gasteiger partial charge in [0.25, 0.3) is 10.0 Å². The molecule has 6 atom stereocenters. The topological polar surface area (TPSA) is 97.5 Å². The Kier molecular flexibility index (Phi) is 5.45. The average molecular weight is 503 g/mol. The molecule has 36 heavy (non-hydrogen) atoms. The van der Waals surface area contributed by atoms with Crippen molar-refractivity contribution < 1.29 is 18.0 Å². The van der Waals surface area contributed by atoms with Gasteiger partial charge in [-0.25, -0.2) is 8.42 Å². The van der Waals surface area contributed by atoms with E-state index in [1.54, 1.807) is 18.3 Å². The van der Waals surface area contributed by atoms with Crippen molar-refractivity contribution in [2.75, 3.05) is 5.73 Å². The number of allylic oxidation sites excluding steroid dienone is 2. The predicted octanol–water partition coefficient (Wildman–Crippen LogP) is 4.45. The fourth-order valence-electron chi connectivity index (χ4n) is 7.09. The van der Waals surface area contributed by atoms with Crippen molar-refractivity contribution in [3.63, 3.8) is 0 Å². The van der Waals surface area contributed by atoms with Gasteiger partial charge in [0.15, 0.2) is 0 Å². The van der Waals surface area contributed by atoms with Crippen LogP contribution in [0.2, 0.25) is 0 Å². The van der Waals surface area contributed by atoms with Gasteiger partial charge in [-0.05, 0) is 72.4 Å². The van der Waals surface area contributed by atoms with E-state index in [-0.39, 0.29) is 22.5 Å². The maximum atomic E-state index is 14.0. The van der Waals surface area contributed by atoms with Crippen molar-refractivity contribution in [2.24, 2.45) is 29.6 Å². The summed E-state index contributed by atoms with van der Waals surface area (Å²) >= 11 is 0. The molecular formula is C29H30N2O4S. The molecule has 2 N–H and O–H groups in total. The Morgan fingerprint density at radius 1 is 0.944 bits per heavy atom. The minimum Gasteiger partial charge on any atom is -0.399 e. The second kappa shape index (κ2) is 8.44. The number of carbonyl (C=O) groups excluding carboxylic acids is 2. The highest BCUT2D eigenvalue weighted by Gasteiger charge is 2.60. The highest BCUT2D eigenvalue weighted by atomic mass is 32.2. The molecule has 0 aromatic heterocycles. The van der Waals surface area contributed by atoms with Gasteiger partial charge in [-0.15, -0.1) is 0 Å². The summed E-state index contributed by atoms with van der Waals surface area (Å²) in [5.41, 5.74) is 8.93. The molecular weight excluding hydrogens is 472 g/mol. The van der Waals surface area contributed by atoms with Crippen LogP contribution < -0.4 is 5.73 Å². The van der Waals surface area contributed by atoms with Crippen LogP contribution in [0.4, 0.5) is 5.69 Å². The summed E-state index contributed by atoms with van der Waals surface area (Å²) in [5, 5.41) is 0. The van der Waals surface area contributed by atoms with Crippen molar-refractivity contribution in [1.82, 2.24) is 4.31 Å². The Labute approximate surface area is 211 Å². The Morgan fingerprint density at radius 2 is 1.67 bits per heavy atom. The lowest BCUT2D eigenvalue weighted by Crippen LogP contribution is -2.58. The maximum absolute atomic E-state index is 14.0. The third kappa shape index (κ3) is 3.39. The number of rotatable bonds is 3. The molecule has 2 aromatic carbocycles. The number of sulfonamides is 1. The molecule has 7 heteroatoms. The zero-order valence-corrected chi connectivity index (χ0v) is 21.0. The quantitative estimate of drug-likeness (QED) is 0.380. The monoisotopic (exact) mass is 502 g/mol. The number of ketones is 2. The summed E-state index contributed by atoms with van der Waals surface area (Å²) < 4.78 is 29.4. The fourth-order valence-corrected chi connectivity index (χ4v) is 8.66. The molecule has 0 bridgehead atoms. The molecule has 3 aliphatic carbocycles. The second-order valence-corrected chi connectivity index (χ2v) is 12.5. The van der Waals surface area contributed by atoms with Crippen molar-refractivity contribution in [3.8, 4) is 0 Å². The number of nitrogen functional groups attached to an aromatic ring is 1. The summed E-state index contributed by atoms with van der Waals surface area (Å²) in [6.45, 7) is 2.19. The van der Waals surface area contributed by atoms with E-state index >= 15 is 0 Å². The molecule has 1 aliphatic heterocycles. The molecule has 186 valence electrons. The van der Waals surface area contributed by atoms with Gasteiger partial charge in [-0.2, -0.15) is 0 Å². The molecule has 0 spiro atoms. The van der Waals surface area contributed by atoms with Gasteiger partial charge >= 0.3 is 0 Å². The van der Waals surface area contributed by atoms with Crippen LogP contribution in [0.15, 0.2) is 77.3 Å². The van der Waals surface area contributed by atoms with E-state index in [0.717, 1.165) is 24.8 Å². The van der Waals surface area contributed by atoms with E-state index in [9.17, 15) is 18.0 Å². The number of carbonyl (C=O) groups is 2. The molecule has 1 heterocycles. The molecule has 0 radical (unpaired) electrons. The third-order valence-electron chi connectivity index (χ3n) is 8.74. The number of anilines is 1. The molecule has 0 saturated heterocycles. The predicted molar refractivity (Wildman–Crippen MR) is 138 cm³/mol. The molecule has 4 aliphatic rings. The van der Waals surface area contributed by atoms with E-state index < -0.39 is 33.7 Å². The van der Waals surface area contributed by atoms with E-state index in [0.29, 0.717) is 23.6 Å². The maximum Gasteiger partial charge on any atom is 0.264 e. The van der Waals surface area contributed by atoms with Crippen molar-refractivity contribution in [1.29, 1.82) is 0 Å². The SMILES string of the molecule is CC1CCCC2C1=CCC1C2C(=O)C(=O)C2C(c3ccccc3)=CN(S(=O)(=O)c3ccc(N)cc3)C21. The Morgan fingerprint density at radius 3 is 2.39 bits per heavy atom. The van der Waals surface area contributed by atoms with Crippen LogP contribution in [0.25, 0.3) is 5.57 Å². The van der Waals surface area contributed by atoms with Crippen molar-refractivity contribution in [3.05, 3.63) is 78.0 Å². The lowest BCUT2D eigenvalue weighted by atomic mass is 9.56. The van der Waals surface area contributed by atoms with Crippen molar-refractivity contribution >= 4 is 32.9 Å². The molecule has 2 fully saturated rings. The summed E-state index contributed by atoms with van der Waals surface area (Å²) in [4.78, 5) is 27.7. The van der Waals surface area contributed by atoms with Crippen LogP contribution >= 0.6 is 0 Å². The standard InChI is InChI=1S/C29H30N2O4S/c1-17-6-5-9-22-21(17)14-15-23-25(22)28(32)29(33)26-24(18-7-3-2-4-8-18)16-31(27(23)26)36(34,35)20-12-10-19(30)11-13-20/h2-4,7-8,10-14,16-17,22-23,25-27H,5-6,9,15,30H2,1H3. The van der Waals surface area contributed by atoms with Crippen LogP contribution in [0.5, 0.6) is 0 Å². The van der Waals surface area contributed by atoms with Crippen LogP contribution in [0, 0.1) is 29.6 Å². The molecule has 6 rings (SSSR count). The number of nitrogens with zero attached hydrogens (tertiary/aromatic N) is 1. The number of hydrogen-bond acceptors (Lipinski definition) is 5. The number of fused-ring (bicyclic) bond motifs is 5. The van der Waals surface area contributed by atoms with E-state index in [1.807, 2.05) is 30.3 Å². The number of Topliss-reactive ketones (excluding diaryl/α,β-unsaturated/α-hetero) is 2. The highest BCUT2D eigenvalue weighted by Crippen LogP contribution is 2.55. The van der Waals surface area contributed by atoms with Crippen LogP contribution in [0.3, 0.4) is 0 Å². The van der Waals surface area contributed by atoms with E-state index in [2.05, 4.69) is 13.0 Å². The largest absolute Gasteiger partial charge is 0.399 e. The van der Waals surface area contributed by atoms with Gasteiger partial charge in [-0.3, -0.25) is 13.9 Å². The Hall–Kier alpha value is -3.19. The zero-order chi connectivity index (χ0) is 25.2. The number of nitrogens with two attached hydrogens (primary N) is 1. The van der Waals surface area contributed by atoms with Crippen LogP contribution in [0.1, 0.15) is 38.2 Å². The molecule has 0 amide bonds. The first-order chi connectivity index (χ1) is 17.3. The molecule has 2 saturated carbocycles.